The van der Waals surface area contributed by atoms with Gasteiger partial charge >= 0.3 is 0 Å². The van der Waals surface area contributed by atoms with Crippen molar-refractivity contribution in [2.24, 2.45) is 0 Å². The summed E-state index contributed by atoms with van der Waals surface area (Å²) in [4.78, 5) is 13.1. The first-order valence-corrected chi connectivity index (χ1v) is 6.02. The largest absolute Gasteiger partial charge is 0.382 e. The van der Waals surface area contributed by atoms with E-state index in [-0.39, 0.29) is 11.5 Å². The van der Waals surface area contributed by atoms with E-state index in [1.54, 1.807) is 14.0 Å². The van der Waals surface area contributed by atoms with Gasteiger partial charge in [-0.05, 0) is 25.9 Å². The Kier molecular flexibility index (Phi) is 5.80. The SMILES string of the molecule is COCCOC[C@@](C)(CN1CCCC1)[N+](=O)[O-]. The Bertz CT molecular complexity index is 244. The summed E-state index contributed by atoms with van der Waals surface area (Å²) >= 11 is 0. The topological polar surface area (TPSA) is 64.8 Å². The quantitative estimate of drug-likeness (QED) is 0.360. The number of hydrogen-bond donors (Lipinski definition) is 0. The number of ether oxygens (including phenoxy) is 2. The summed E-state index contributed by atoms with van der Waals surface area (Å²) in [6.45, 7) is 5.05. The zero-order valence-corrected chi connectivity index (χ0v) is 10.7. The summed E-state index contributed by atoms with van der Waals surface area (Å²) in [5, 5.41) is 11.1. The molecule has 6 nitrogen and oxygen atoms in total. The van der Waals surface area contributed by atoms with Crippen LogP contribution in [0.5, 0.6) is 0 Å². The summed E-state index contributed by atoms with van der Waals surface area (Å²) in [5.74, 6) is 0. The smallest absolute Gasteiger partial charge is 0.254 e. The van der Waals surface area contributed by atoms with E-state index >= 15 is 0 Å². The third-order valence-electron chi connectivity index (χ3n) is 3.05. The molecule has 0 aromatic carbocycles. The zero-order valence-electron chi connectivity index (χ0n) is 10.7. The Morgan fingerprint density at radius 2 is 2.00 bits per heavy atom. The van der Waals surface area contributed by atoms with Gasteiger partial charge in [0, 0.05) is 19.0 Å². The first-order valence-electron chi connectivity index (χ1n) is 6.02. The molecule has 0 amide bonds. The van der Waals surface area contributed by atoms with Gasteiger partial charge in [0.1, 0.15) is 6.61 Å². The Hall–Kier alpha value is -0.720. The van der Waals surface area contributed by atoms with Crippen molar-refractivity contribution in [3.8, 4) is 0 Å². The van der Waals surface area contributed by atoms with Gasteiger partial charge in [0.15, 0.2) is 0 Å². The normalized spacial score (nSPS) is 20.4. The van der Waals surface area contributed by atoms with Gasteiger partial charge in [-0.1, -0.05) is 0 Å². The van der Waals surface area contributed by atoms with Gasteiger partial charge in [0.2, 0.25) is 0 Å². The molecule has 1 atom stereocenters. The molecule has 0 aliphatic carbocycles. The Morgan fingerprint density at radius 1 is 1.35 bits per heavy atom. The predicted molar refractivity (Wildman–Crippen MR) is 63.8 cm³/mol. The molecule has 0 N–H and O–H groups in total. The summed E-state index contributed by atoms with van der Waals surface area (Å²) in [6, 6.07) is 0. The maximum absolute atomic E-state index is 11.1. The van der Waals surface area contributed by atoms with Crippen LogP contribution < -0.4 is 0 Å². The van der Waals surface area contributed by atoms with Crippen LogP contribution in [0.3, 0.4) is 0 Å². The molecule has 0 bridgehead atoms. The Balaban J connectivity index is 2.40. The second-order valence-corrected chi connectivity index (χ2v) is 4.78. The minimum Gasteiger partial charge on any atom is -0.382 e. The molecule has 0 aromatic rings. The fourth-order valence-electron chi connectivity index (χ4n) is 2.01. The van der Waals surface area contributed by atoms with Crippen LogP contribution in [0.1, 0.15) is 19.8 Å². The molecule has 6 heteroatoms. The highest BCUT2D eigenvalue weighted by atomic mass is 16.6. The van der Waals surface area contributed by atoms with E-state index in [1.807, 2.05) is 0 Å². The van der Waals surface area contributed by atoms with E-state index in [4.69, 9.17) is 9.47 Å². The van der Waals surface area contributed by atoms with Crippen molar-refractivity contribution in [1.82, 2.24) is 4.90 Å². The number of likely N-dealkylation sites (tertiary alicyclic amines) is 1. The molecule has 0 unspecified atom stereocenters. The first kappa shape index (κ1) is 14.3. The zero-order chi connectivity index (χ0) is 12.7. The van der Waals surface area contributed by atoms with Gasteiger partial charge in [0.05, 0.1) is 19.8 Å². The van der Waals surface area contributed by atoms with E-state index in [0.717, 1.165) is 25.9 Å². The molecule has 1 fully saturated rings. The number of hydrogen-bond acceptors (Lipinski definition) is 5. The predicted octanol–water partition coefficient (Wildman–Crippen LogP) is 0.781. The van der Waals surface area contributed by atoms with Crippen molar-refractivity contribution in [3.63, 3.8) is 0 Å². The standard InChI is InChI=1S/C11H22N2O4/c1-11(13(14)15,10-17-8-7-16-2)9-12-5-3-4-6-12/h3-10H2,1-2H3/t11-/m1/s1. The molecule has 1 saturated heterocycles. The van der Waals surface area contributed by atoms with Crippen LogP contribution in [-0.4, -0.2) is 61.9 Å². The highest BCUT2D eigenvalue weighted by Crippen LogP contribution is 2.16. The van der Waals surface area contributed by atoms with Crippen molar-refractivity contribution in [3.05, 3.63) is 10.1 Å². The highest BCUT2D eigenvalue weighted by Gasteiger charge is 2.40. The fourth-order valence-corrected chi connectivity index (χ4v) is 2.01. The van der Waals surface area contributed by atoms with Crippen LogP contribution in [-0.2, 0) is 9.47 Å². The average molecular weight is 246 g/mol. The molecule has 1 aliphatic rings. The molecule has 1 rings (SSSR count). The van der Waals surface area contributed by atoms with Gasteiger partial charge < -0.3 is 9.47 Å². The molecule has 1 heterocycles. The monoisotopic (exact) mass is 246 g/mol. The minimum absolute atomic E-state index is 0.139. The lowest BCUT2D eigenvalue weighted by molar-refractivity contribution is -0.570. The molecular formula is C11H22N2O4. The number of rotatable bonds is 8. The molecule has 0 aromatic heterocycles. The van der Waals surface area contributed by atoms with E-state index in [1.165, 1.54) is 0 Å². The van der Waals surface area contributed by atoms with Crippen LogP contribution >= 0.6 is 0 Å². The third kappa shape index (κ3) is 4.57. The third-order valence-corrected chi connectivity index (χ3v) is 3.05. The molecule has 0 spiro atoms. The van der Waals surface area contributed by atoms with Crippen LogP contribution in [0.4, 0.5) is 0 Å². The van der Waals surface area contributed by atoms with Gasteiger partial charge in [0.25, 0.3) is 5.54 Å². The van der Waals surface area contributed by atoms with Crippen molar-refractivity contribution >= 4 is 0 Å². The summed E-state index contributed by atoms with van der Waals surface area (Å²) < 4.78 is 10.2. The number of methoxy groups -OCH3 is 1. The Labute approximate surface area is 102 Å². The second-order valence-electron chi connectivity index (χ2n) is 4.78. The van der Waals surface area contributed by atoms with Crippen LogP contribution in [0, 0.1) is 10.1 Å². The van der Waals surface area contributed by atoms with Gasteiger partial charge in [-0.3, -0.25) is 15.0 Å². The molecule has 0 radical (unpaired) electrons. The van der Waals surface area contributed by atoms with Crippen molar-refractivity contribution < 1.29 is 14.4 Å². The molecule has 17 heavy (non-hydrogen) atoms. The van der Waals surface area contributed by atoms with E-state index in [0.29, 0.717) is 19.8 Å². The van der Waals surface area contributed by atoms with Crippen molar-refractivity contribution in [1.29, 1.82) is 0 Å². The maximum atomic E-state index is 11.1. The maximum Gasteiger partial charge on any atom is 0.254 e. The van der Waals surface area contributed by atoms with E-state index < -0.39 is 5.54 Å². The fraction of sp³-hybridized carbons (Fsp3) is 1.00. The van der Waals surface area contributed by atoms with Gasteiger partial charge in [-0.15, -0.1) is 0 Å². The molecule has 0 saturated carbocycles. The van der Waals surface area contributed by atoms with Crippen LogP contribution in [0.25, 0.3) is 0 Å². The van der Waals surface area contributed by atoms with Crippen molar-refractivity contribution in [2.45, 2.75) is 25.3 Å². The lowest BCUT2D eigenvalue weighted by atomic mass is 10.0. The molecular weight excluding hydrogens is 224 g/mol. The van der Waals surface area contributed by atoms with E-state index in [9.17, 15) is 10.1 Å². The van der Waals surface area contributed by atoms with Crippen LogP contribution in [0.15, 0.2) is 0 Å². The Morgan fingerprint density at radius 3 is 2.53 bits per heavy atom. The summed E-state index contributed by atoms with van der Waals surface area (Å²) in [5.41, 5.74) is -1.02. The lowest BCUT2D eigenvalue weighted by Crippen LogP contribution is -2.49. The lowest BCUT2D eigenvalue weighted by Gasteiger charge is -2.26. The average Bonchev–Trinajstić information content (AvgIpc) is 2.77. The van der Waals surface area contributed by atoms with Crippen molar-refractivity contribution in [2.75, 3.05) is 46.6 Å². The number of nitro groups is 1. The summed E-state index contributed by atoms with van der Waals surface area (Å²) in [6.07, 6.45) is 2.27. The van der Waals surface area contributed by atoms with E-state index in [2.05, 4.69) is 4.90 Å². The molecule has 1 aliphatic heterocycles. The number of nitrogens with zero attached hydrogens (tertiary/aromatic N) is 2. The van der Waals surface area contributed by atoms with Gasteiger partial charge in [-0.25, -0.2) is 0 Å². The summed E-state index contributed by atoms with van der Waals surface area (Å²) in [7, 11) is 1.58. The molecule has 100 valence electrons. The second kappa shape index (κ2) is 6.88. The highest BCUT2D eigenvalue weighted by molar-refractivity contribution is 4.80. The van der Waals surface area contributed by atoms with Gasteiger partial charge in [-0.2, -0.15) is 0 Å². The minimum atomic E-state index is -1.02. The first-order chi connectivity index (χ1) is 8.08. The van der Waals surface area contributed by atoms with Crippen LogP contribution in [0.2, 0.25) is 0 Å².